The van der Waals surface area contributed by atoms with E-state index in [0.29, 0.717) is 17.8 Å². The summed E-state index contributed by atoms with van der Waals surface area (Å²) < 4.78 is 1.03. The number of likely N-dealkylation sites (tertiary alicyclic amines) is 1. The van der Waals surface area contributed by atoms with Crippen LogP contribution in [-0.2, 0) is 0 Å². The first-order chi connectivity index (χ1) is 9.67. The number of benzene rings is 1. The van der Waals surface area contributed by atoms with Gasteiger partial charge in [0.05, 0.1) is 0 Å². The summed E-state index contributed by atoms with van der Waals surface area (Å²) in [4.78, 5) is 2.57. The second-order valence-electron chi connectivity index (χ2n) is 5.57. The van der Waals surface area contributed by atoms with Gasteiger partial charge in [0.25, 0.3) is 0 Å². The Morgan fingerprint density at radius 1 is 1.45 bits per heavy atom. The molecule has 0 amide bonds. The van der Waals surface area contributed by atoms with Gasteiger partial charge in [-0.15, -0.1) is 0 Å². The van der Waals surface area contributed by atoms with Gasteiger partial charge in [-0.25, -0.2) is 0 Å². The molecule has 0 aromatic heterocycles. The van der Waals surface area contributed by atoms with Crippen molar-refractivity contribution in [1.29, 1.82) is 0 Å². The fraction of sp³-hybridized carbons (Fsp3) is 0.625. The van der Waals surface area contributed by atoms with Crippen molar-refractivity contribution >= 4 is 15.9 Å². The van der Waals surface area contributed by atoms with Crippen LogP contribution in [-0.4, -0.2) is 36.2 Å². The Balaban J connectivity index is 2.27. The topological polar surface area (TPSA) is 35.5 Å². The number of phenolic OH excluding ortho intramolecular Hbond substituents is 1. The Hall–Kier alpha value is -0.580. The maximum absolute atomic E-state index is 10.2. The molecule has 1 aliphatic rings. The van der Waals surface area contributed by atoms with Gasteiger partial charge in [0, 0.05) is 28.7 Å². The molecule has 1 fully saturated rings. The number of nitrogens with one attached hydrogen (secondary N) is 1. The maximum Gasteiger partial charge on any atom is 0.120 e. The zero-order valence-corrected chi connectivity index (χ0v) is 14.0. The summed E-state index contributed by atoms with van der Waals surface area (Å²) in [7, 11) is 2.02. The molecule has 0 spiro atoms. The van der Waals surface area contributed by atoms with Crippen LogP contribution >= 0.6 is 15.9 Å². The summed E-state index contributed by atoms with van der Waals surface area (Å²) in [6.07, 6.45) is 4.82. The lowest BCUT2D eigenvalue weighted by Gasteiger charge is -2.41. The third-order valence-corrected chi connectivity index (χ3v) is 4.74. The van der Waals surface area contributed by atoms with Crippen LogP contribution in [0.3, 0.4) is 0 Å². The zero-order valence-electron chi connectivity index (χ0n) is 12.4. The molecule has 1 heterocycles. The summed E-state index contributed by atoms with van der Waals surface area (Å²) >= 11 is 3.52. The molecule has 1 aromatic rings. The number of hydrogen-bond acceptors (Lipinski definition) is 3. The number of hydrogen-bond donors (Lipinski definition) is 2. The largest absolute Gasteiger partial charge is 0.508 e. The molecule has 0 radical (unpaired) electrons. The minimum atomic E-state index is 0.297. The second-order valence-corrected chi connectivity index (χ2v) is 6.49. The zero-order chi connectivity index (χ0) is 14.5. The van der Waals surface area contributed by atoms with E-state index in [9.17, 15) is 5.11 Å². The Morgan fingerprint density at radius 2 is 2.25 bits per heavy atom. The Bertz CT molecular complexity index is 436. The molecule has 1 aliphatic heterocycles. The first-order valence-electron chi connectivity index (χ1n) is 7.56. The minimum absolute atomic E-state index is 0.297. The minimum Gasteiger partial charge on any atom is -0.508 e. The van der Waals surface area contributed by atoms with Crippen LogP contribution in [0, 0.1) is 0 Å². The van der Waals surface area contributed by atoms with Crippen molar-refractivity contribution in [2.45, 2.75) is 44.7 Å². The van der Waals surface area contributed by atoms with Crippen molar-refractivity contribution in [2.75, 3.05) is 20.1 Å². The average Bonchev–Trinajstić information content (AvgIpc) is 2.45. The number of nitrogens with zero attached hydrogens (tertiary/aromatic N) is 1. The Morgan fingerprint density at radius 3 is 2.95 bits per heavy atom. The predicted molar refractivity (Wildman–Crippen MR) is 87.1 cm³/mol. The number of rotatable bonds is 5. The highest BCUT2D eigenvalue weighted by Crippen LogP contribution is 2.36. The van der Waals surface area contributed by atoms with Gasteiger partial charge in [-0.05, 0) is 51.1 Å². The lowest BCUT2D eigenvalue weighted by Crippen LogP contribution is -2.46. The van der Waals surface area contributed by atoms with Gasteiger partial charge in [-0.2, -0.15) is 0 Å². The van der Waals surface area contributed by atoms with Crippen molar-refractivity contribution in [2.24, 2.45) is 0 Å². The van der Waals surface area contributed by atoms with Crippen LogP contribution in [0.2, 0.25) is 0 Å². The van der Waals surface area contributed by atoms with Crippen molar-refractivity contribution in [3.8, 4) is 5.75 Å². The maximum atomic E-state index is 10.2. The fourth-order valence-corrected chi connectivity index (χ4v) is 3.69. The molecule has 20 heavy (non-hydrogen) atoms. The molecule has 3 nitrogen and oxygen atoms in total. The van der Waals surface area contributed by atoms with E-state index in [0.717, 1.165) is 29.5 Å². The second kappa shape index (κ2) is 7.43. The van der Waals surface area contributed by atoms with Gasteiger partial charge in [-0.1, -0.05) is 29.3 Å². The van der Waals surface area contributed by atoms with Crippen LogP contribution < -0.4 is 5.32 Å². The summed E-state index contributed by atoms with van der Waals surface area (Å²) in [6, 6.07) is 6.61. The molecule has 1 saturated heterocycles. The van der Waals surface area contributed by atoms with Crippen molar-refractivity contribution < 1.29 is 5.11 Å². The van der Waals surface area contributed by atoms with Gasteiger partial charge in [0.2, 0.25) is 0 Å². The average molecular weight is 341 g/mol. The quantitative estimate of drug-likeness (QED) is 0.858. The molecular formula is C16H25BrN2O. The summed E-state index contributed by atoms with van der Waals surface area (Å²) in [5.41, 5.74) is 1.05. The van der Waals surface area contributed by atoms with Gasteiger partial charge in [0.15, 0.2) is 0 Å². The predicted octanol–water partition coefficient (Wildman–Crippen LogP) is 3.68. The monoisotopic (exact) mass is 340 g/mol. The third kappa shape index (κ3) is 3.54. The van der Waals surface area contributed by atoms with Crippen molar-refractivity contribution in [3.05, 3.63) is 28.2 Å². The van der Waals surface area contributed by atoms with Crippen LogP contribution in [0.15, 0.2) is 22.7 Å². The number of piperidine rings is 1. The van der Waals surface area contributed by atoms with E-state index in [4.69, 9.17) is 0 Å². The van der Waals surface area contributed by atoms with E-state index >= 15 is 0 Å². The lowest BCUT2D eigenvalue weighted by molar-refractivity contribution is 0.0903. The third-order valence-electron chi connectivity index (χ3n) is 4.25. The van der Waals surface area contributed by atoms with Gasteiger partial charge in [-0.3, -0.25) is 4.90 Å². The van der Waals surface area contributed by atoms with Crippen molar-refractivity contribution in [1.82, 2.24) is 10.2 Å². The molecule has 1 aromatic carbocycles. The lowest BCUT2D eigenvalue weighted by atomic mass is 9.94. The van der Waals surface area contributed by atoms with Crippen LogP contribution in [0.5, 0.6) is 5.75 Å². The molecule has 0 aliphatic carbocycles. The van der Waals surface area contributed by atoms with Crippen LogP contribution in [0.25, 0.3) is 0 Å². The molecule has 0 saturated carbocycles. The molecule has 2 N–H and O–H groups in total. The number of aromatic hydroxyl groups is 1. The highest BCUT2D eigenvalue weighted by atomic mass is 79.9. The molecule has 4 heteroatoms. The SMILES string of the molecule is CCC(c1cc(Br)ccc1O)N1CCCCC1CNC. The Kier molecular flexibility index (Phi) is 5.87. The van der Waals surface area contributed by atoms with E-state index in [1.165, 1.54) is 19.3 Å². The molecular weight excluding hydrogens is 316 g/mol. The first-order valence-corrected chi connectivity index (χ1v) is 8.35. The molecule has 2 atom stereocenters. The highest BCUT2D eigenvalue weighted by Gasteiger charge is 2.29. The molecule has 0 bridgehead atoms. The summed E-state index contributed by atoms with van der Waals surface area (Å²) in [5.74, 6) is 0.411. The van der Waals surface area contributed by atoms with Gasteiger partial charge >= 0.3 is 0 Å². The fourth-order valence-electron chi connectivity index (χ4n) is 3.31. The van der Waals surface area contributed by atoms with E-state index in [1.54, 1.807) is 6.07 Å². The van der Waals surface area contributed by atoms with E-state index in [1.807, 2.05) is 13.1 Å². The molecule has 112 valence electrons. The number of phenols is 1. The van der Waals surface area contributed by atoms with Crippen molar-refractivity contribution in [3.63, 3.8) is 0 Å². The normalized spacial score (nSPS) is 21.9. The first kappa shape index (κ1) is 15.8. The van der Waals surface area contributed by atoms with Gasteiger partial charge < -0.3 is 10.4 Å². The number of halogens is 1. The standard InChI is InChI=1S/C16H25BrN2O/c1-3-15(14-10-12(17)7-8-16(14)20)19-9-5-4-6-13(19)11-18-2/h7-8,10,13,15,18,20H,3-6,9,11H2,1-2H3. The van der Waals surface area contributed by atoms with Crippen LogP contribution in [0.1, 0.15) is 44.2 Å². The molecule has 2 unspecified atom stereocenters. The van der Waals surface area contributed by atoms with Gasteiger partial charge in [0.1, 0.15) is 5.75 Å². The smallest absolute Gasteiger partial charge is 0.120 e. The summed E-state index contributed by atoms with van der Waals surface area (Å²) in [5, 5.41) is 13.5. The number of likely N-dealkylation sites (N-methyl/N-ethyl adjacent to an activating group) is 1. The van der Waals surface area contributed by atoms with Crippen LogP contribution in [0.4, 0.5) is 0 Å². The van der Waals surface area contributed by atoms with E-state index in [2.05, 4.69) is 39.1 Å². The van der Waals surface area contributed by atoms with E-state index in [-0.39, 0.29) is 0 Å². The Labute approximate surface area is 130 Å². The summed E-state index contributed by atoms with van der Waals surface area (Å²) in [6.45, 7) is 4.35. The highest BCUT2D eigenvalue weighted by molar-refractivity contribution is 9.10. The van der Waals surface area contributed by atoms with E-state index < -0.39 is 0 Å². The molecule has 2 rings (SSSR count).